The maximum atomic E-state index is 12.3. The van der Waals surface area contributed by atoms with Gasteiger partial charge in [0.25, 0.3) is 0 Å². The summed E-state index contributed by atoms with van der Waals surface area (Å²) < 4.78 is 0. The average Bonchev–Trinajstić information content (AvgIpc) is 2.91. The largest absolute Gasteiger partial charge is 0.396 e. The lowest BCUT2D eigenvalue weighted by Gasteiger charge is -2.29. The molecule has 1 aromatic rings. The molecule has 18 heavy (non-hydrogen) atoms. The highest BCUT2D eigenvalue weighted by Gasteiger charge is 2.27. The van der Waals surface area contributed by atoms with Gasteiger partial charge in [-0.25, -0.2) is 0 Å². The monoisotopic (exact) mass is 267 g/mol. The van der Waals surface area contributed by atoms with Crippen molar-refractivity contribution < 1.29 is 9.90 Å². The first-order chi connectivity index (χ1) is 8.70. The van der Waals surface area contributed by atoms with Crippen LogP contribution in [-0.4, -0.2) is 29.6 Å². The standard InChI is InChI=1S/C14H21NO2S/c1-15(9-13-3-2-8-18-13)14(17)12-6-4-11(10-16)5-7-12/h2-3,8,11-12,16H,4-7,9-10H2,1H3. The number of rotatable bonds is 4. The smallest absolute Gasteiger partial charge is 0.225 e. The van der Waals surface area contributed by atoms with Gasteiger partial charge in [0.15, 0.2) is 0 Å². The molecule has 3 nitrogen and oxygen atoms in total. The highest BCUT2D eigenvalue weighted by atomic mass is 32.1. The molecule has 0 aliphatic heterocycles. The molecule has 1 aliphatic carbocycles. The van der Waals surface area contributed by atoms with E-state index in [0.717, 1.165) is 32.2 Å². The third-order valence-electron chi connectivity index (χ3n) is 3.80. The van der Waals surface area contributed by atoms with Crippen molar-refractivity contribution in [1.29, 1.82) is 0 Å². The second-order valence-corrected chi connectivity index (χ2v) is 6.21. The molecule has 2 rings (SSSR count). The van der Waals surface area contributed by atoms with Crippen molar-refractivity contribution in [2.75, 3.05) is 13.7 Å². The average molecular weight is 267 g/mol. The van der Waals surface area contributed by atoms with Gasteiger partial charge in [-0.05, 0) is 43.0 Å². The first kappa shape index (κ1) is 13.6. The summed E-state index contributed by atoms with van der Waals surface area (Å²) in [6.45, 7) is 0.988. The molecule has 1 saturated carbocycles. The highest BCUT2D eigenvalue weighted by molar-refractivity contribution is 7.09. The molecule has 0 bridgehead atoms. The summed E-state index contributed by atoms with van der Waals surface area (Å²) in [5.74, 6) is 0.842. The van der Waals surface area contributed by atoms with Crippen LogP contribution >= 0.6 is 11.3 Å². The number of amides is 1. The van der Waals surface area contributed by atoms with E-state index in [-0.39, 0.29) is 18.4 Å². The first-order valence-electron chi connectivity index (χ1n) is 6.59. The maximum Gasteiger partial charge on any atom is 0.225 e. The number of thiophene rings is 1. The summed E-state index contributed by atoms with van der Waals surface area (Å²) in [6, 6.07) is 4.09. The van der Waals surface area contributed by atoms with E-state index in [1.807, 2.05) is 23.4 Å². The topological polar surface area (TPSA) is 40.5 Å². The van der Waals surface area contributed by atoms with Crippen LogP contribution in [0, 0.1) is 11.8 Å². The fourth-order valence-corrected chi connectivity index (χ4v) is 3.38. The molecule has 0 spiro atoms. The van der Waals surface area contributed by atoms with E-state index in [4.69, 9.17) is 5.11 Å². The molecule has 0 unspecified atom stereocenters. The predicted molar refractivity (Wildman–Crippen MR) is 73.3 cm³/mol. The van der Waals surface area contributed by atoms with Crippen LogP contribution in [0.2, 0.25) is 0 Å². The zero-order chi connectivity index (χ0) is 13.0. The lowest BCUT2D eigenvalue weighted by molar-refractivity contribution is -0.136. The molecule has 1 aromatic heterocycles. The number of nitrogens with zero attached hydrogens (tertiary/aromatic N) is 1. The number of carbonyl (C=O) groups excluding carboxylic acids is 1. The van der Waals surface area contributed by atoms with Crippen LogP contribution in [0.15, 0.2) is 17.5 Å². The Morgan fingerprint density at radius 2 is 2.17 bits per heavy atom. The van der Waals surface area contributed by atoms with Crippen LogP contribution in [0.5, 0.6) is 0 Å². The predicted octanol–water partition coefficient (Wildman–Crippen LogP) is 2.51. The molecule has 0 radical (unpaired) electrons. The molecular formula is C14H21NO2S. The van der Waals surface area contributed by atoms with Crippen LogP contribution in [0.4, 0.5) is 0 Å². The molecule has 0 atom stereocenters. The normalized spacial score (nSPS) is 23.9. The van der Waals surface area contributed by atoms with E-state index < -0.39 is 0 Å². The van der Waals surface area contributed by atoms with E-state index in [0.29, 0.717) is 5.92 Å². The summed E-state index contributed by atoms with van der Waals surface area (Å²) in [6.07, 6.45) is 3.83. The van der Waals surface area contributed by atoms with Gasteiger partial charge in [0.1, 0.15) is 0 Å². The molecule has 1 N–H and O–H groups in total. The van der Waals surface area contributed by atoms with Crippen molar-refractivity contribution in [3.63, 3.8) is 0 Å². The Morgan fingerprint density at radius 3 is 2.72 bits per heavy atom. The van der Waals surface area contributed by atoms with Gasteiger partial charge in [-0.15, -0.1) is 11.3 Å². The Balaban J connectivity index is 1.84. The van der Waals surface area contributed by atoms with Gasteiger partial charge in [-0.3, -0.25) is 4.79 Å². The lowest BCUT2D eigenvalue weighted by Crippen LogP contribution is -2.34. The van der Waals surface area contributed by atoms with E-state index in [1.54, 1.807) is 11.3 Å². The second kappa shape index (κ2) is 6.34. The van der Waals surface area contributed by atoms with Crippen molar-refractivity contribution in [2.24, 2.45) is 11.8 Å². The van der Waals surface area contributed by atoms with Gasteiger partial charge in [-0.2, -0.15) is 0 Å². The number of aliphatic hydroxyl groups is 1. The second-order valence-electron chi connectivity index (χ2n) is 5.17. The minimum absolute atomic E-state index is 0.165. The van der Waals surface area contributed by atoms with E-state index in [9.17, 15) is 4.79 Å². The van der Waals surface area contributed by atoms with Gasteiger partial charge >= 0.3 is 0 Å². The van der Waals surface area contributed by atoms with Crippen molar-refractivity contribution in [3.8, 4) is 0 Å². The van der Waals surface area contributed by atoms with Crippen molar-refractivity contribution in [1.82, 2.24) is 4.90 Å². The van der Waals surface area contributed by atoms with Crippen molar-refractivity contribution in [2.45, 2.75) is 32.2 Å². The third kappa shape index (κ3) is 3.33. The molecule has 100 valence electrons. The fourth-order valence-electron chi connectivity index (χ4n) is 2.62. The number of hydrogen-bond donors (Lipinski definition) is 1. The van der Waals surface area contributed by atoms with Crippen molar-refractivity contribution in [3.05, 3.63) is 22.4 Å². The molecular weight excluding hydrogens is 246 g/mol. The molecule has 1 heterocycles. The van der Waals surface area contributed by atoms with Crippen LogP contribution < -0.4 is 0 Å². The first-order valence-corrected chi connectivity index (χ1v) is 7.47. The zero-order valence-corrected chi connectivity index (χ0v) is 11.7. The maximum absolute atomic E-state index is 12.3. The Bertz CT molecular complexity index is 369. The van der Waals surface area contributed by atoms with Gasteiger partial charge in [0, 0.05) is 24.4 Å². The summed E-state index contributed by atoms with van der Waals surface area (Å²) in [5, 5.41) is 11.1. The molecule has 4 heteroatoms. The molecule has 0 saturated heterocycles. The SMILES string of the molecule is CN(Cc1cccs1)C(=O)C1CCC(CO)CC1. The van der Waals surface area contributed by atoms with Gasteiger partial charge in [0.2, 0.25) is 5.91 Å². The number of carbonyl (C=O) groups is 1. The van der Waals surface area contributed by atoms with Crippen LogP contribution in [0.3, 0.4) is 0 Å². The summed E-state index contributed by atoms with van der Waals surface area (Å²) in [7, 11) is 1.89. The third-order valence-corrected chi connectivity index (χ3v) is 4.66. The fraction of sp³-hybridized carbons (Fsp3) is 0.643. The van der Waals surface area contributed by atoms with E-state index >= 15 is 0 Å². The Kier molecular flexibility index (Phi) is 4.78. The number of aliphatic hydroxyl groups excluding tert-OH is 1. The lowest BCUT2D eigenvalue weighted by atomic mass is 9.82. The molecule has 0 aromatic carbocycles. The molecule has 1 aliphatic rings. The number of hydrogen-bond acceptors (Lipinski definition) is 3. The highest BCUT2D eigenvalue weighted by Crippen LogP contribution is 2.29. The Morgan fingerprint density at radius 1 is 1.44 bits per heavy atom. The van der Waals surface area contributed by atoms with Gasteiger partial charge in [-0.1, -0.05) is 6.07 Å². The molecule has 1 fully saturated rings. The summed E-state index contributed by atoms with van der Waals surface area (Å²) in [4.78, 5) is 15.4. The van der Waals surface area contributed by atoms with Crippen LogP contribution in [0.25, 0.3) is 0 Å². The quantitative estimate of drug-likeness (QED) is 0.910. The van der Waals surface area contributed by atoms with E-state index in [2.05, 4.69) is 6.07 Å². The van der Waals surface area contributed by atoms with Crippen LogP contribution in [-0.2, 0) is 11.3 Å². The minimum atomic E-state index is 0.165. The summed E-state index contributed by atoms with van der Waals surface area (Å²) in [5.41, 5.74) is 0. The Labute approximate surface area is 112 Å². The summed E-state index contributed by atoms with van der Waals surface area (Å²) >= 11 is 1.69. The van der Waals surface area contributed by atoms with E-state index in [1.165, 1.54) is 4.88 Å². The van der Waals surface area contributed by atoms with Gasteiger partial charge < -0.3 is 10.0 Å². The zero-order valence-electron chi connectivity index (χ0n) is 10.8. The van der Waals surface area contributed by atoms with Crippen molar-refractivity contribution >= 4 is 17.2 Å². The van der Waals surface area contributed by atoms with Gasteiger partial charge in [0.05, 0.1) is 6.54 Å². The molecule has 1 amide bonds. The minimum Gasteiger partial charge on any atom is -0.396 e. The Hall–Kier alpha value is -0.870. The van der Waals surface area contributed by atoms with Crippen LogP contribution in [0.1, 0.15) is 30.6 Å².